The average molecular weight is 460 g/mol. The van der Waals surface area contributed by atoms with E-state index in [1.165, 1.54) is 11.8 Å². The van der Waals surface area contributed by atoms with Crippen LogP contribution in [-0.4, -0.2) is 41.5 Å². The lowest BCUT2D eigenvalue weighted by Crippen LogP contribution is -2.13. The number of rotatable bonds is 9. The van der Waals surface area contributed by atoms with Crippen molar-refractivity contribution >= 4 is 27.6 Å². The molecule has 0 unspecified atom stereocenters. The fourth-order valence-electron chi connectivity index (χ4n) is 2.75. The zero-order chi connectivity index (χ0) is 22.4. The summed E-state index contributed by atoms with van der Waals surface area (Å²) in [4.78, 5) is 12.2. The Hall–Kier alpha value is -2.65. The molecule has 0 aliphatic heterocycles. The van der Waals surface area contributed by atoms with Gasteiger partial charge in [-0.15, -0.1) is 10.2 Å². The molecule has 2 aromatic carbocycles. The summed E-state index contributed by atoms with van der Waals surface area (Å²) in [5.74, 6) is -0.0703. The average Bonchev–Trinajstić information content (AvgIpc) is 3.13. The second kappa shape index (κ2) is 10.1. The van der Waals surface area contributed by atoms with Gasteiger partial charge in [-0.1, -0.05) is 61.5 Å². The molecule has 0 bridgehead atoms. The number of benzene rings is 2. The third-order valence-corrected chi connectivity index (χ3v) is 6.84. The fourth-order valence-corrected chi connectivity index (χ4v) is 4.76. The molecule has 3 aromatic rings. The van der Waals surface area contributed by atoms with Crippen LogP contribution in [0.4, 0.5) is 0 Å². The lowest BCUT2D eigenvalue weighted by atomic mass is 10.2. The van der Waals surface area contributed by atoms with Crippen molar-refractivity contribution in [1.82, 2.24) is 14.8 Å². The lowest BCUT2D eigenvalue weighted by Gasteiger charge is -2.11. The van der Waals surface area contributed by atoms with Crippen LogP contribution in [0, 0.1) is 12.8 Å². The van der Waals surface area contributed by atoms with Crippen LogP contribution < -0.4 is 0 Å². The van der Waals surface area contributed by atoms with Crippen LogP contribution in [0.25, 0.3) is 5.69 Å². The molecule has 1 heterocycles. The summed E-state index contributed by atoms with van der Waals surface area (Å²) in [6, 6.07) is 15.9. The van der Waals surface area contributed by atoms with Crippen molar-refractivity contribution < 1.29 is 17.9 Å². The zero-order valence-electron chi connectivity index (χ0n) is 17.7. The van der Waals surface area contributed by atoms with Gasteiger partial charge in [0.1, 0.15) is 5.75 Å². The first-order valence-corrected chi connectivity index (χ1v) is 12.5. The van der Waals surface area contributed by atoms with Gasteiger partial charge in [-0.3, -0.25) is 9.36 Å². The molecule has 0 spiro atoms. The molecule has 0 saturated carbocycles. The third kappa shape index (κ3) is 6.18. The zero-order valence-corrected chi connectivity index (χ0v) is 19.3. The Morgan fingerprint density at radius 1 is 1.06 bits per heavy atom. The van der Waals surface area contributed by atoms with Crippen molar-refractivity contribution in [1.29, 1.82) is 0 Å². The van der Waals surface area contributed by atoms with Crippen molar-refractivity contribution in [2.24, 2.45) is 5.92 Å². The quantitative estimate of drug-likeness (QED) is 0.355. The van der Waals surface area contributed by atoms with Crippen LogP contribution in [0.1, 0.15) is 25.2 Å². The molecule has 0 amide bonds. The molecule has 0 saturated heterocycles. The van der Waals surface area contributed by atoms with Crippen LogP contribution in [0.3, 0.4) is 0 Å². The van der Waals surface area contributed by atoms with E-state index in [0.29, 0.717) is 11.8 Å². The standard InChI is InChI=1S/C22H25N3O4S2/c1-16(2)13-29-21(26)14-30-22-24-23-20(25(22)18-7-5-4-6-8-18)15-31(27,28)19-11-9-17(3)10-12-19/h4-12,16H,13-15H2,1-3H3. The second-order valence-corrected chi connectivity index (χ2v) is 10.4. The minimum absolute atomic E-state index is 0.0579. The number of nitrogens with zero attached hydrogens (tertiary/aromatic N) is 3. The molecule has 7 nitrogen and oxygen atoms in total. The molecule has 1 aromatic heterocycles. The monoisotopic (exact) mass is 459 g/mol. The molecule has 0 fully saturated rings. The second-order valence-electron chi connectivity index (χ2n) is 7.51. The first kappa shape index (κ1) is 23.0. The van der Waals surface area contributed by atoms with Crippen LogP contribution in [-0.2, 0) is 25.1 Å². The van der Waals surface area contributed by atoms with E-state index < -0.39 is 9.84 Å². The molecule has 31 heavy (non-hydrogen) atoms. The van der Waals surface area contributed by atoms with Gasteiger partial charge in [-0.25, -0.2) is 8.42 Å². The van der Waals surface area contributed by atoms with Crippen molar-refractivity contribution in [3.63, 3.8) is 0 Å². The summed E-state index contributed by atoms with van der Waals surface area (Å²) in [6.07, 6.45) is 0. The SMILES string of the molecule is Cc1ccc(S(=O)(=O)Cc2nnc(SCC(=O)OCC(C)C)n2-c2ccccc2)cc1. The third-order valence-electron chi connectivity index (χ3n) is 4.31. The van der Waals surface area contributed by atoms with E-state index in [1.807, 2.05) is 51.1 Å². The fraction of sp³-hybridized carbons (Fsp3) is 0.318. The molecule has 9 heteroatoms. The topological polar surface area (TPSA) is 91.2 Å². The number of para-hydroxylation sites is 1. The maximum atomic E-state index is 13.0. The number of hydrogen-bond acceptors (Lipinski definition) is 7. The van der Waals surface area contributed by atoms with E-state index in [0.717, 1.165) is 11.3 Å². The number of carbonyl (C=O) groups is 1. The van der Waals surface area contributed by atoms with Gasteiger partial charge in [0, 0.05) is 5.69 Å². The van der Waals surface area contributed by atoms with Crippen molar-refractivity contribution in [2.75, 3.05) is 12.4 Å². The molecule has 164 valence electrons. The van der Waals surface area contributed by atoms with E-state index in [1.54, 1.807) is 28.8 Å². The summed E-state index contributed by atoms with van der Waals surface area (Å²) < 4.78 is 32.8. The van der Waals surface area contributed by atoms with E-state index in [4.69, 9.17) is 4.74 Å². The normalized spacial score (nSPS) is 11.6. The Bertz CT molecular complexity index is 1130. The predicted molar refractivity (Wildman–Crippen MR) is 120 cm³/mol. The van der Waals surface area contributed by atoms with Gasteiger partial charge >= 0.3 is 5.97 Å². The lowest BCUT2D eigenvalue weighted by molar-refractivity contribution is -0.141. The van der Waals surface area contributed by atoms with E-state index in [2.05, 4.69) is 10.2 Å². The number of ether oxygens (including phenoxy) is 1. The maximum absolute atomic E-state index is 13.0. The highest BCUT2D eigenvalue weighted by molar-refractivity contribution is 7.99. The minimum Gasteiger partial charge on any atom is -0.465 e. The number of hydrogen-bond donors (Lipinski definition) is 0. The van der Waals surface area contributed by atoms with Gasteiger partial charge in [0.25, 0.3) is 0 Å². The van der Waals surface area contributed by atoms with Crippen LogP contribution in [0.2, 0.25) is 0 Å². The van der Waals surface area contributed by atoms with Gasteiger partial charge in [0.2, 0.25) is 0 Å². The van der Waals surface area contributed by atoms with E-state index >= 15 is 0 Å². The number of aryl methyl sites for hydroxylation is 1. The first-order valence-electron chi connectivity index (χ1n) is 9.84. The Morgan fingerprint density at radius 3 is 2.39 bits per heavy atom. The summed E-state index contributed by atoms with van der Waals surface area (Å²) in [6.45, 7) is 6.18. The molecular weight excluding hydrogens is 434 g/mol. The molecule has 0 aliphatic rings. The minimum atomic E-state index is -3.62. The Labute approximate surface area is 186 Å². The number of esters is 1. The van der Waals surface area contributed by atoms with E-state index in [9.17, 15) is 13.2 Å². The van der Waals surface area contributed by atoms with Gasteiger partial charge in [0.05, 0.1) is 17.3 Å². The van der Waals surface area contributed by atoms with Crippen LogP contribution in [0.5, 0.6) is 0 Å². The summed E-state index contributed by atoms with van der Waals surface area (Å²) >= 11 is 1.17. The summed E-state index contributed by atoms with van der Waals surface area (Å²) in [5, 5.41) is 8.72. The molecule has 0 radical (unpaired) electrons. The van der Waals surface area contributed by atoms with Crippen LogP contribution >= 0.6 is 11.8 Å². The van der Waals surface area contributed by atoms with Crippen molar-refractivity contribution in [2.45, 2.75) is 36.6 Å². The number of thioether (sulfide) groups is 1. The summed E-state index contributed by atoms with van der Waals surface area (Å²) in [7, 11) is -3.62. The van der Waals surface area contributed by atoms with Gasteiger partial charge in [0.15, 0.2) is 20.8 Å². The highest BCUT2D eigenvalue weighted by Crippen LogP contribution is 2.25. The van der Waals surface area contributed by atoms with Crippen molar-refractivity contribution in [3.8, 4) is 5.69 Å². The Balaban J connectivity index is 1.87. The number of sulfone groups is 1. The molecule has 0 N–H and O–H groups in total. The smallest absolute Gasteiger partial charge is 0.316 e. The predicted octanol–water partition coefficient (Wildman–Crippen LogP) is 3.84. The highest BCUT2D eigenvalue weighted by atomic mass is 32.2. The first-order chi connectivity index (χ1) is 14.8. The highest BCUT2D eigenvalue weighted by Gasteiger charge is 2.23. The van der Waals surface area contributed by atoms with Gasteiger partial charge in [-0.05, 0) is 37.1 Å². The largest absolute Gasteiger partial charge is 0.465 e. The van der Waals surface area contributed by atoms with E-state index in [-0.39, 0.29) is 34.1 Å². The number of carbonyl (C=O) groups excluding carboxylic acids is 1. The Morgan fingerprint density at radius 2 is 1.74 bits per heavy atom. The number of aromatic nitrogens is 3. The Kier molecular flexibility index (Phi) is 7.50. The molecular formula is C22H25N3O4S2. The molecule has 0 aliphatic carbocycles. The summed E-state index contributed by atoms with van der Waals surface area (Å²) in [5.41, 5.74) is 1.70. The molecule has 3 rings (SSSR count). The maximum Gasteiger partial charge on any atom is 0.316 e. The van der Waals surface area contributed by atoms with Gasteiger partial charge < -0.3 is 4.74 Å². The van der Waals surface area contributed by atoms with Gasteiger partial charge in [-0.2, -0.15) is 0 Å². The van der Waals surface area contributed by atoms with Crippen molar-refractivity contribution in [3.05, 3.63) is 66.0 Å². The van der Waals surface area contributed by atoms with Crippen LogP contribution in [0.15, 0.2) is 64.6 Å². The molecule has 0 atom stereocenters.